The molecule has 0 saturated heterocycles. The molecule has 7 aromatic heterocycles. The SMILES string of the molecule is Brc1nc2c(n1C1CC1)CCCC2.CC(=O)O.ClC(Cl)(Cl)Cl.OB(O)C1CC1.OB(O)c1cncnc1.[B]=NS.c1ccc2[nH]cnc2c1.c1ccc2[nH]cnc2c1.c1nc2c(n1C1CC1)CCCC2.c1ncc(-c2nc3c(n2C2CC2)CCCC3)cn1. The smallest absolute Gasteiger partial charge is 0.143 e. The molecule has 1 radical (unpaired) electrons. The molecular formula is C58H72B3BrCl4N15O6S. The average molecular weight is 1360 g/mol. The van der Waals surface area contributed by atoms with E-state index in [1.165, 1.54) is 156 Å². The number of carboxylic acid groups (broad SMARTS) is 1. The number of carboxylic acids is 1. The molecule has 4 fully saturated rings. The molecule has 7 aliphatic carbocycles. The molecule has 7 aliphatic rings. The first-order chi connectivity index (χ1) is 42.4. The zero-order chi connectivity index (χ0) is 63.0. The van der Waals surface area contributed by atoms with E-state index in [-0.39, 0.29) is 5.82 Å². The minimum atomic E-state index is -1.61. The number of nitrogens with one attached hydrogen (secondary N) is 2. The largest absolute Gasteiger partial charge is 0.345 e. The number of para-hydroxylation sites is 4. The summed E-state index contributed by atoms with van der Waals surface area (Å²) in [6, 6.07) is 18.1. The number of aromatic amines is 2. The van der Waals surface area contributed by atoms with E-state index < -0.39 is 23.5 Å². The molecule has 30 heteroatoms. The van der Waals surface area contributed by atoms with Crippen LogP contribution in [0.4, 0.5) is 0 Å². The van der Waals surface area contributed by atoms with Crippen molar-refractivity contribution in [2.45, 2.75) is 163 Å². The number of carbonyl (C=O) groups is 1. The number of benzene rings is 2. The fourth-order valence-electron chi connectivity index (χ4n) is 9.90. The molecule has 7 N–H and O–H groups in total. The summed E-state index contributed by atoms with van der Waals surface area (Å²) in [5, 5.41) is 40.9. The third-order valence-electron chi connectivity index (χ3n) is 14.5. The Morgan fingerprint density at radius 1 is 0.636 bits per heavy atom. The summed E-state index contributed by atoms with van der Waals surface area (Å²) in [5.41, 5.74) is 14.2. The molecule has 7 heterocycles. The van der Waals surface area contributed by atoms with E-state index in [2.05, 4.69) is 111 Å². The van der Waals surface area contributed by atoms with E-state index in [1.54, 1.807) is 24.7 Å². The number of aliphatic carboxylic acids is 1. The zero-order valence-electron chi connectivity index (χ0n) is 48.8. The van der Waals surface area contributed by atoms with Crippen molar-refractivity contribution in [2.75, 3.05) is 0 Å². The van der Waals surface area contributed by atoms with Crippen LogP contribution in [-0.2, 0) is 43.3 Å². The van der Waals surface area contributed by atoms with Crippen LogP contribution in [0.1, 0.15) is 149 Å². The number of rotatable bonds is 6. The molecule has 21 nitrogen and oxygen atoms in total. The van der Waals surface area contributed by atoms with Crippen LogP contribution < -0.4 is 5.46 Å². The second-order valence-electron chi connectivity index (χ2n) is 21.5. The summed E-state index contributed by atoms with van der Waals surface area (Å²) in [6.45, 7) is 1.08. The van der Waals surface area contributed by atoms with Crippen LogP contribution in [0.2, 0.25) is 5.82 Å². The quantitative estimate of drug-likeness (QED) is 0.0436. The first-order valence-electron chi connectivity index (χ1n) is 29.3. The van der Waals surface area contributed by atoms with Gasteiger partial charge in [0.05, 0.1) is 63.7 Å². The first-order valence-corrected chi connectivity index (χ1v) is 32.0. The van der Waals surface area contributed by atoms with Crippen molar-refractivity contribution >= 4 is 131 Å². The number of aromatic nitrogens is 14. The number of hydrogen-bond donors (Lipinski definition) is 8. The van der Waals surface area contributed by atoms with E-state index in [1.807, 2.05) is 60.9 Å². The molecule has 0 bridgehead atoms. The van der Waals surface area contributed by atoms with Crippen LogP contribution in [0.15, 0.2) is 114 Å². The van der Waals surface area contributed by atoms with Crippen molar-refractivity contribution in [3.05, 3.63) is 144 Å². The van der Waals surface area contributed by atoms with E-state index in [0.717, 1.165) is 76.5 Å². The van der Waals surface area contributed by atoms with Crippen LogP contribution in [0.3, 0.4) is 0 Å². The van der Waals surface area contributed by atoms with Gasteiger partial charge in [-0.05, 0) is 162 Å². The van der Waals surface area contributed by atoms with E-state index in [0.29, 0.717) is 11.5 Å². The van der Waals surface area contributed by atoms with Gasteiger partial charge in [-0.3, -0.25) is 4.79 Å². The van der Waals surface area contributed by atoms with Crippen molar-refractivity contribution in [3.63, 3.8) is 0 Å². The first kappa shape index (κ1) is 69.9. The van der Waals surface area contributed by atoms with Gasteiger partial charge in [0.1, 0.15) is 18.5 Å². The molecule has 2 aromatic carbocycles. The van der Waals surface area contributed by atoms with Gasteiger partial charge in [0, 0.05) is 72.4 Å². The molecule has 9 aromatic rings. The van der Waals surface area contributed by atoms with Gasteiger partial charge in [-0.25, -0.2) is 44.9 Å². The maximum Gasteiger partial charge on any atom is 0.143 e. The Kier molecular flexibility index (Phi) is 28.4. The number of hydrogen-bond acceptors (Lipinski definition) is 16. The van der Waals surface area contributed by atoms with Crippen LogP contribution in [-0.4, -0.2) is 125 Å². The predicted molar refractivity (Wildman–Crippen MR) is 354 cm³/mol. The van der Waals surface area contributed by atoms with Crippen molar-refractivity contribution < 1.29 is 30.0 Å². The third-order valence-corrected chi connectivity index (χ3v) is 15.1. The molecule has 88 heavy (non-hydrogen) atoms. The Morgan fingerprint density at radius 2 is 1.06 bits per heavy atom. The van der Waals surface area contributed by atoms with Crippen molar-refractivity contribution in [1.82, 2.24) is 68.5 Å². The molecule has 4 saturated carbocycles. The molecule has 0 unspecified atom stereocenters. The van der Waals surface area contributed by atoms with E-state index in [4.69, 9.17) is 81.4 Å². The summed E-state index contributed by atoms with van der Waals surface area (Å²) in [5.74, 6) is 0.468. The monoisotopic (exact) mass is 1360 g/mol. The normalized spacial score (nSPS) is 15.6. The average Bonchev–Trinajstić information content (AvgIpc) is 1.93. The number of aryl methyl sites for hydroxylation is 3. The number of halogens is 5. The van der Waals surface area contributed by atoms with E-state index >= 15 is 0 Å². The number of imidazole rings is 5. The van der Waals surface area contributed by atoms with Crippen LogP contribution in [0.25, 0.3) is 33.5 Å². The maximum absolute atomic E-state index is 9.00. The number of nitrogens with zero attached hydrogens (tertiary/aromatic N) is 13. The molecule has 0 amide bonds. The molecule has 0 spiro atoms. The Hall–Kier alpha value is -5.54. The second-order valence-corrected chi connectivity index (χ2v) is 25.9. The number of thiol groups is 1. The summed E-state index contributed by atoms with van der Waals surface area (Å²) < 4.78 is 9.47. The van der Waals surface area contributed by atoms with Crippen molar-refractivity contribution in [3.8, 4) is 11.4 Å². The number of alkyl halides is 4. The Bertz CT molecular complexity index is 3390. The van der Waals surface area contributed by atoms with Gasteiger partial charge in [-0.15, -0.1) is 0 Å². The Balaban J connectivity index is 0.000000145. The van der Waals surface area contributed by atoms with Crippen LogP contribution in [0, 0.1) is 0 Å². The van der Waals surface area contributed by atoms with Crippen LogP contribution in [0.5, 0.6) is 0 Å². The Labute approximate surface area is 547 Å². The molecule has 0 aliphatic heterocycles. The maximum atomic E-state index is 9.00. The minimum Gasteiger partial charge on any atom is -0.345 e. The molecule has 465 valence electrons. The fraction of sp³-hybridized carbons (Fsp3) is 0.448. The second kappa shape index (κ2) is 35.8. The summed E-state index contributed by atoms with van der Waals surface area (Å²) in [4.78, 5) is 52.5. The van der Waals surface area contributed by atoms with Gasteiger partial charge >= 0.3 is 39.0 Å². The van der Waals surface area contributed by atoms with Crippen molar-refractivity contribution in [1.29, 1.82) is 0 Å². The molecule has 16 rings (SSSR count). The summed E-state index contributed by atoms with van der Waals surface area (Å²) in [7, 11) is 1.83. The standard InChI is InChI=1S/C14H16N4.C10H13BrN2.C10H14N2.2C7H6N2.C4H5BN2O2.C3H7BO2.C2H4O2.CCl4.BHNS/c1-2-4-13-12(3-1)17-14(18(13)11-5-6-11)10-7-15-9-16-8-10;11-10-12-8-3-1-2-4-9(8)13(10)7-5-6-7;1-2-4-10-9(3-1)11-7-12(10)8-5-6-8;2*1-2-4-7-6(3-1)8-5-9-7;8-5(9)4-1-6-3-7-2-4;5-4(6)3-1-2-3;1-2(3)4;2-1(3,4)5;1-2-3/h7-9,11H,1-6H2;7H,1-6H2;7-8H,1-6H2;2*1-5H,(H,8,9);1-3,8-9H;3,5-6H,1-2H2;1H3,(H,3,4);;3H. The number of fused-ring (bicyclic) bond motifs is 5. The summed E-state index contributed by atoms with van der Waals surface area (Å²) in [6.07, 6.45) is 40.0. The van der Waals surface area contributed by atoms with Gasteiger partial charge in [0.25, 0.3) is 9.22 Å². The van der Waals surface area contributed by atoms with Gasteiger partial charge < -0.3 is 48.9 Å². The minimum absolute atomic E-state index is 0.213. The van der Waals surface area contributed by atoms with Crippen LogP contribution >= 0.6 is 75.1 Å². The molecule has 0 atom stereocenters. The van der Waals surface area contributed by atoms with Gasteiger partial charge in [-0.1, -0.05) is 83.5 Å². The third kappa shape index (κ3) is 23.7. The van der Waals surface area contributed by atoms with Gasteiger partial charge in [0.15, 0.2) is 4.73 Å². The molecular weight excluding hydrogens is 1290 g/mol. The fourth-order valence-corrected chi connectivity index (χ4v) is 10.6. The van der Waals surface area contributed by atoms with Gasteiger partial charge in [-0.2, -0.15) is 0 Å². The Morgan fingerprint density at radius 3 is 1.49 bits per heavy atom. The van der Waals surface area contributed by atoms with E-state index in [9.17, 15) is 0 Å². The summed E-state index contributed by atoms with van der Waals surface area (Å²) >= 11 is 26.1. The van der Waals surface area contributed by atoms with Crippen molar-refractivity contribution in [2.24, 2.45) is 4.30 Å². The number of H-pyrrole nitrogens is 2. The predicted octanol–water partition coefficient (Wildman–Crippen LogP) is 11.2. The topological polar surface area (TPSA) is 293 Å². The zero-order valence-corrected chi connectivity index (χ0v) is 54.3. The van der Waals surface area contributed by atoms with Gasteiger partial charge in [0.2, 0.25) is 0 Å².